The molecule has 0 heterocycles. The van der Waals surface area contributed by atoms with Crippen molar-refractivity contribution in [3.05, 3.63) is 28.7 Å². The Bertz CT molecular complexity index is 311. The molecule has 1 aromatic rings. The van der Waals surface area contributed by atoms with Gasteiger partial charge in [-0.1, -0.05) is 29.8 Å². The molecule has 0 N–H and O–H groups in total. The average Bonchev–Trinajstić information content (AvgIpc) is 2.29. The van der Waals surface area contributed by atoms with E-state index in [0.29, 0.717) is 0 Å². The van der Waals surface area contributed by atoms with Gasteiger partial charge in [-0.15, -0.1) is 0 Å². The second-order valence-electron chi connectivity index (χ2n) is 4.79. The van der Waals surface area contributed by atoms with Crippen LogP contribution in [0.5, 0.6) is 5.75 Å². The van der Waals surface area contributed by atoms with Gasteiger partial charge in [0.15, 0.2) is 0 Å². The van der Waals surface area contributed by atoms with Crippen molar-refractivity contribution < 1.29 is 4.74 Å². The summed E-state index contributed by atoms with van der Waals surface area (Å²) in [6.07, 6.45) is 1.24. The SMILES string of the molecule is CC(C)CCN(C)CCOc1ccc(Br)cc1. The van der Waals surface area contributed by atoms with Gasteiger partial charge in [-0.3, -0.25) is 0 Å². The minimum absolute atomic E-state index is 0.746. The highest BCUT2D eigenvalue weighted by molar-refractivity contribution is 9.10. The molecule has 0 saturated carbocycles. The Morgan fingerprint density at radius 1 is 1.18 bits per heavy atom. The number of rotatable bonds is 7. The van der Waals surface area contributed by atoms with E-state index in [1.807, 2.05) is 24.3 Å². The molecule has 0 aliphatic carbocycles. The van der Waals surface area contributed by atoms with Crippen molar-refractivity contribution in [2.45, 2.75) is 20.3 Å². The summed E-state index contributed by atoms with van der Waals surface area (Å²) in [6, 6.07) is 7.96. The average molecular weight is 300 g/mol. The molecule has 0 unspecified atom stereocenters. The lowest BCUT2D eigenvalue weighted by Crippen LogP contribution is -2.26. The summed E-state index contributed by atoms with van der Waals surface area (Å²) >= 11 is 3.41. The van der Waals surface area contributed by atoms with Crippen molar-refractivity contribution in [1.29, 1.82) is 0 Å². The molecule has 0 aliphatic rings. The van der Waals surface area contributed by atoms with Gasteiger partial charge in [0.25, 0.3) is 0 Å². The zero-order valence-corrected chi connectivity index (χ0v) is 12.5. The van der Waals surface area contributed by atoms with Crippen molar-refractivity contribution in [1.82, 2.24) is 4.90 Å². The molecule has 2 nitrogen and oxygen atoms in total. The molecule has 96 valence electrons. The Morgan fingerprint density at radius 2 is 1.82 bits per heavy atom. The first kappa shape index (κ1) is 14.5. The van der Waals surface area contributed by atoms with E-state index in [1.165, 1.54) is 6.42 Å². The third kappa shape index (κ3) is 6.69. The summed E-state index contributed by atoms with van der Waals surface area (Å²) in [6.45, 7) is 7.37. The van der Waals surface area contributed by atoms with Gasteiger partial charge < -0.3 is 9.64 Å². The summed E-state index contributed by atoms with van der Waals surface area (Å²) < 4.78 is 6.76. The third-order valence-corrected chi connectivity index (χ3v) is 3.17. The summed E-state index contributed by atoms with van der Waals surface area (Å²) in [4.78, 5) is 2.32. The van der Waals surface area contributed by atoms with Crippen LogP contribution >= 0.6 is 15.9 Å². The zero-order valence-electron chi connectivity index (χ0n) is 10.9. The summed E-state index contributed by atoms with van der Waals surface area (Å²) in [5.74, 6) is 1.70. The zero-order chi connectivity index (χ0) is 12.7. The van der Waals surface area contributed by atoms with Crippen molar-refractivity contribution in [2.75, 3.05) is 26.7 Å². The quantitative estimate of drug-likeness (QED) is 0.759. The fourth-order valence-corrected chi connectivity index (χ4v) is 1.70. The standard InChI is InChI=1S/C14H22BrNO/c1-12(2)8-9-16(3)10-11-17-14-6-4-13(15)5-7-14/h4-7,12H,8-11H2,1-3H3. The maximum Gasteiger partial charge on any atom is 0.119 e. The minimum Gasteiger partial charge on any atom is -0.492 e. The van der Waals surface area contributed by atoms with E-state index in [-0.39, 0.29) is 0 Å². The first-order valence-corrected chi connectivity index (χ1v) is 6.94. The first-order valence-electron chi connectivity index (χ1n) is 6.15. The lowest BCUT2D eigenvalue weighted by Gasteiger charge is -2.18. The number of hydrogen-bond donors (Lipinski definition) is 0. The van der Waals surface area contributed by atoms with Crippen LogP contribution in [0.4, 0.5) is 0 Å². The topological polar surface area (TPSA) is 12.5 Å². The molecule has 1 aromatic carbocycles. The van der Waals surface area contributed by atoms with E-state index in [0.717, 1.165) is 35.8 Å². The van der Waals surface area contributed by atoms with E-state index >= 15 is 0 Å². The Labute approximate surface area is 113 Å². The highest BCUT2D eigenvalue weighted by Crippen LogP contribution is 2.15. The first-order chi connectivity index (χ1) is 8.08. The molecule has 3 heteroatoms. The van der Waals surface area contributed by atoms with Crippen LogP contribution in [-0.2, 0) is 0 Å². The predicted octanol–water partition coefficient (Wildman–Crippen LogP) is 3.81. The van der Waals surface area contributed by atoms with E-state index in [2.05, 4.69) is 41.7 Å². The molecular formula is C14H22BrNO. The van der Waals surface area contributed by atoms with E-state index in [4.69, 9.17) is 4.74 Å². The van der Waals surface area contributed by atoms with E-state index in [1.54, 1.807) is 0 Å². The van der Waals surface area contributed by atoms with Gasteiger partial charge in [-0.05, 0) is 50.2 Å². The maximum absolute atomic E-state index is 5.68. The lowest BCUT2D eigenvalue weighted by molar-refractivity contribution is 0.230. The molecule has 17 heavy (non-hydrogen) atoms. The Hall–Kier alpha value is -0.540. The summed E-state index contributed by atoms with van der Waals surface area (Å²) in [5, 5.41) is 0. The number of halogens is 1. The molecular weight excluding hydrogens is 278 g/mol. The fraction of sp³-hybridized carbons (Fsp3) is 0.571. The number of ether oxygens (including phenoxy) is 1. The van der Waals surface area contributed by atoms with Crippen LogP contribution in [-0.4, -0.2) is 31.6 Å². The Balaban J connectivity index is 2.16. The molecule has 0 fully saturated rings. The van der Waals surface area contributed by atoms with Crippen LogP contribution in [0, 0.1) is 5.92 Å². The number of benzene rings is 1. The van der Waals surface area contributed by atoms with Gasteiger partial charge in [0.05, 0.1) is 0 Å². The largest absolute Gasteiger partial charge is 0.492 e. The molecule has 0 radical (unpaired) electrons. The summed E-state index contributed by atoms with van der Waals surface area (Å²) in [5.41, 5.74) is 0. The Kier molecular flexibility index (Phi) is 6.60. The molecule has 0 spiro atoms. The van der Waals surface area contributed by atoms with Gasteiger partial charge in [-0.2, -0.15) is 0 Å². The number of likely N-dealkylation sites (N-methyl/N-ethyl adjacent to an activating group) is 1. The molecule has 1 rings (SSSR count). The molecule has 0 aliphatic heterocycles. The van der Waals surface area contributed by atoms with Crippen LogP contribution in [0.2, 0.25) is 0 Å². The van der Waals surface area contributed by atoms with Crippen LogP contribution in [0.3, 0.4) is 0 Å². The van der Waals surface area contributed by atoms with Crippen molar-refractivity contribution >= 4 is 15.9 Å². The summed E-state index contributed by atoms with van der Waals surface area (Å²) in [7, 11) is 2.15. The second-order valence-corrected chi connectivity index (χ2v) is 5.70. The van der Waals surface area contributed by atoms with Crippen molar-refractivity contribution in [3.63, 3.8) is 0 Å². The van der Waals surface area contributed by atoms with E-state index in [9.17, 15) is 0 Å². The predicted molar refractivity (Wildman–Crippen MR) is 76.6 cm³/mol. The van der Waals surface area contributed by atoms with Crippen LogP contribution in [0.15, 0.2) is 28.7 Å². The molecule has 0 aromatic heterocycles. The van der Waals surface area contributed by atoms with Crippen LogP contribution in [0.1, 0.15) is 20.3 Å². The van der Waals surface area contributed by atoms with Crippen LogP contribution in [0.25, 0.3) is 0 Å². The van der Waals surface area contributed by atoms with Gasteiger partial charge >= 0.3 is 0 Å². The second kappa shape index (κ2) is 7.72. The highest BCUT2D eigenvalue weighted by atomic mass is 79.9. The number of hydrogen-bond acceptors (Lipinski definition) is 2. The fourth-order valence-electron chi connectivity index (χ4n) is 1.44. The van der Waals surface area contributed by atoms with Gasteiger partial charge in [0, 0.05) is 11.0 Å². The van der Waals surface area contributed by atoms with Gasteiger partial charge in [-0.25, -0.2) is 0 Å². The lowest BCUT2D eigenvalue weighted by atomic mass is 10.1. The van der Waals surface area contributed by atoms with Crippen LogP contribution < -0.4 is 4.74 Å². The minimum atomic E-state index is 0.746. The van der Waals surface area contributed by atoms with Crippen molar-refractivity contribution in [2.24, 2.45) is 5.92 Å². The Morgan fingerprint density at radius 3 is 2.41 bits per heavy atom. The molecule has 0 saturated heterocycles. The van der Waals surface area contributed by atoms with E-state index < -0.39 is 0 Å². The highest BCUT2D eigenvalue weighted by Gasteiger charge is 2.01. The third-order valence-electron chi connectivity index (χ3n) is 2.64. The normalized spacial score (nSPS) is 11.2. The van der Waals surface area contributed by atoms with Gasteiger partial charge in [0.2, 0.25) is 0 Å². The molecule has 0 atom stereocenters. The maximum atomic E-state index is 5.68. The molecule has 0 amide bonds. The monoisotopic (exact) mass is 299 g/mol. The number of nitrogens with zero attached hydrogens (tertiary/aromatic N) is 1. The molecule has 0 bridgehead atoms. The smallest absolute Gasteiger partial charge is 0.119 e. The van der Waals surface area contributed by atoms with Gasteiger partial charge in [0.1, 0.15) is 12.4 Å². The van der Waals surface area contributed by atoms with Crippen molar-refractivity contribution in [3.8, 4) is 5.75 Å².